The van der Waals surface area contributed by atoms with Gasteiger partial charge in [0.15, 0.2) is 0 Å². The second-order valence-corrected chi connectivity index (χ2v) is 8.12. The maximum atomic E-state index is 12.4. The van der Waals surface area contributed by atoms with Gasteiger partial charge in [-0.2, -0.15) is 0 Å². The van der Waals surface area contributed by atoms with Crippen molar-refractivity contribution in [3.8, 4) is 0 Å². The molecule has 3 atom stereocenters. The third kappa shape index (κ3) is 3.87. The second-order valence-electron chi connectivity index (χ2n) is 8.12. The van der Waals surface area contributed by atoms with Crippen LogP contribution in [0.5, 0.6) is 0 Å². The van der Waals surface area contributed by atoms with Gasteiger partial charge in [-0.3, -0.25) is 9.59 Å². The van der Waals surface area contributed by atoms with E-state index in [1.54, 1.807) is 0 Å². The number of hydrogen-bond acceptors (Lipinski definition) is 3. The number of fused-ring (bicyclic) bond motifs is 2. The Morgan fingerprint density at radius 3 is 2.42 bits per heavy atom. The molecule has 0 spiro atoms. The number of para-hydroxylation sites is 1. The highest BCUT2D eigenvalue weighted by Crippen LogP contribution is 2.49. The van der Waals surface area contributed by atoms with Crippen LogP contribution in [0.1, 0.15) is 32.1 Å². The molecule has 0 aromatic heterocycles. The highest BCUT2D eigenvalue weighted by atomic mass is 16.2. The molecule has 140 valence electrons. The minimum absolute atomic E-state index is 0.0407. The first kappa shape index (κ1) is 17.4. The standard InChI is InChI=1S/C21H29N3O2/c25-20(14-18-13-16-6-7-17(18)12-16)22-15-21(26)24-10-8-23(9-11-24)19-4-2-1-3-5-19/h1-5,16-18H,6-15H2,(H,22,25). The van der Waals surface area contributed by atoms with Crippen LogP contribution < -0.4 is 10.2 Å². The number of carbonyl (C=O) groups is 2. The van der Waals surface area contributed by atoms with Gasteiger partial charge in [-0.15, -0.1) is 0 Å². The molecule has 2 saturated carbocycles. The lowest BCUT2D eigenvalue weighted by Crippen LogP contribution is -2.51. The fourth-order valence-electron chi connectivity index (χ4n) is 5.08. The first-order valence-electron chi connectivity index (χ1n) is 10.0. The maximum Gasteiger partial charge on any atom is 0.242 e. The smallest absolute Gasteiger partial charge is 0.242 e. The molecular formula is C21H29N3O2. The monoisotopic (exact) mass is 355 g/mol. The van der Waals surface area contributed by atoms with Crippen LogP contribution in [0.3, 0.4) is 0 Å². The number of nitrogens with zero attached hydrogens (tertiary/aromatic N) is 2. The Morgan fingerprint density at radius 1 is 1.00 bits per heavy atom. The quantitative estimate of drug-likeness (QED) is 0.882. The average Bonchev–Trinajstić information content (AvgIpc) is 3.30. The van der Waals surface area contributed by atoms with E-state index in [0.717, 1.165) is 38.0 Å². The molecule has 5 heteroatoms. The Balaban J connectivity index is 1.18. The van der Waals surface area contributed by atoms with E-state index in [2.05, 4.69) is 22.3 Å². The van der Waals surface area contributed by atoms with Crippen molar-refractivity contribution in [3.05, 3.63) is 30.3 Å². The summed E-state index contributed by atoms with van der Waals surface area (Å²) in [7, 11) is 0. The third-order valence-corrected chi connectivity index (χ3v) is 6.52. The van der Waals surface area contributed by atoms with Gasteiger partial charge >= 0.3 is 0 Å². The van der Waals surface area contributed by atoms with Crippen LogP contribution in [0.2, 0.25) is 0 Å². The van der Waals surface area contributed by atoms with E-state index >= 15 is 0 Å². The van der Waals surface area contributed by atoms with Crippen LogP contribution >= 0.6 is 0 Å². The molecule has 2 amide bonds. The molecule has 3 aliphatic rings. The topological polar surface area (TPSA) is 52.7 Å². The summed E-state index contributed by atoms with van der Waals surface area (Å²) in [6.07, 6.45) is 5.80. The predicted molar refractivity (Wildman–Crippen MR) is 102 cm³/mol. The summed E-state index contributed by atoms with van der Waals surface area (Å²) in [5.41, 5.74) is 1.21. The van der Waals surface area contributed by atoms with Gasteiger partial charge in [-0.25, -0.2) is 0 Å². The molecule has 1 saturated heterocycles. The molecule has 1 heterocycles. The molecule has 4 rings (SSSR count). The fourth-order valence-corrected chi connectivity index (χ4v) is 5.08. The van der Waals surface area contributed by atoms with Crippen LogP contribution in [0.15, 0.2) is 30.3 Å². The summed E-state index contributed by atoms with van der Waals surface area (Å²) in [5.74, 6) is 2.27. The van der Waals surface area contributed by atoms with Crippen molar-refractivity contribution < 1.29 is 9.59 Å². The minimum Gasteiger partial charge on any atom is -0.368 e. The van der Waals surface area contributed by atoms with Crippen molar-refractivity contribution in [1.82, 2.24) is 10.2 Å². The number of anilines is 1. The molecule has 3 unspecified atom stereocenters. The van der Waals surface area contributed by atoms with E-state index in [0.29, 0.717) is 12.3 Å². The molecule has 3 fully saturated rings. The normalized spacial score (nSPS) is 27.6. The highest BCUT2D eigenvalue weighted by molar-refractivity contribution is 5.85. The Morgan fingerprint density at radius 2 is 1.77 bits per heavy atom. The molecule has 1 aliphatic heterocycles. The molecule has 1 aromatic carbocycles. The number of amides is 2. The summed E-state index contributed by atoms with van der Waals surface area (Å²) in [6.45, 7) is 3.26. The zero-order chi connectivity index (χ0) is 17.9. The van der Waals surface area contributed by atoms with Crippen molar-refractivity contribution in [2.45, 2.75) is 32.1 Å². The Kier molecular flexibility index (Phi) is 5.14. The minimum atomic E-state index is 0.0407. The van der Waals surface area contributed by atoms with Crippen molar-refractivity contribution in [2.24, 2.45) is 17.8 Å². The van der Waals surface area contributed by atoms with Gasteiger partial charge in [-0.1, -0.05) is 24.6 Å². The zero-order valence-electron chi connectivity index (χ0n) is 15.4. The molecule has 2 aliphatic carbocycles. The van der Waals surface area contributed by atoms with Gasteiger partial charge in [0.2, 0.25) is 11.8 Å². The molecule has 2 bridgehead atoms. The summed E-state index contributed by atoms with van der Waals surface area (Å²) in [6, 6.07) is 10.3. The summed E-state index contributed by atoms with van der Waals surface area (Å²) in [4.78, 5) is 28.8. The lowest BCUT2D eigenvalue weighted by molar-refractivity contribution is -0.133. The van der Waals surface area contributed by atoms with Crippen LogP contribution in [-0.2, 0) is 9.59 Å². The van der Waals surface area contributed by atoms with Crippen LogP contribution in [0, 0.1) is 17.8 Å². The number of hydrogen-bond donors (Lipinski definition) is 1. The van der Waals surface area contributed by atoms with Crippen molar-refractivity contribution in [1.29, 1.82) is 0 Å². The van der Waals surface area contributed by atoms with Gasteiger partial charge in [0.25, 0.3) is 0 Å². The van der Waals surface area contributed by atoms with E-state index in [1.165, 1.54) is 31.4 Å². The Bertz CT molecular complexity index is 640. The molecule has 0 radical (unpaired) electrons. The zero-order valence-corrected chi connectivity index (χ0v) is 15.4. The van der Waals surface area contributed by atoms with E-state index in [1.807, 2.05) is 23.1 Å². The number of nitrogens with one attached hydrogen (secondary N) is 1. The van der Waals surface area contributed by atoms with Crippen LogP contribution in [0.25, 0.3) is 0 Å². The second kappa shape index (κ2) is 7.68. The lowest BCUT2D eigenvalue weighted by atomic mass is 9.86. The fraction of sp³-hybridized carbons (Fsp3) is 0.619. The van der Waals surface area contributed by atoms with Gasteiger partial charge in [-0.05, 0) is 49.1 Å². The molecular weight excluding hydrogens is 326 g/mol. The van der Waals surface area contributed by atoms with Gasteiger partial charge < -0.3 is 15.1 Å². The molecule has 5 nitrogen and oxygen atoms in total. The molecule has 26 heavy (non-hydrogen) atoms. The largest absolute Gasteiger partial charge is 0.368 e. The maximum absolute atomic E-state index is 12.4. The SMILES string of the molecule is O=C(CC1CC2CCC1C2)NCC(=O)N1CCN(c2ccccc2)CC1. The first-order chi connectivity index (χ1) is 12.7. The van der Waals surface area contributed by atoms with Crippen LogP contribution in [0.4, 0.5) is 5.69 Å². The predicted octanol–water partition coefficient (Wildman–Crippen LogP) is 2.28. The summed E-state index contributed by atoms with van der Waals surface area (Å²) in [5, 5.41) is 2.87. The van der Waals surface area contributed by atoms with Crippen molar-refractivity contribution in [3.63, 3.8) is 0 Å². The number of piperazine rings is 1. The van der Waals surface area contributed by atoms with Crippen LogP contribution in [-0.4, -0.2) is 49.4 Å². The third-order valence-electron chi connectivity index (χ3n) is 6.52. The Hall–Kier alpha value is -2.04. The van der Waals surface area contributed by atoms with E-state index < -0.39 is 0 Å². The van der Waals surface area contributed by atoms with Gasteiger partial charge in [0.1, 0.15) is 0 Å². The summed E-state index contributed by atoms with van der Waals surface area (Å²) >= 11 is 0. The number of rotatable bonds is 5. The number of carbonyl (C=O) groups excluding carboxylic acids is 2. The number of benzene rings is 1. The molecule has 1 aromatic rings. The summed E-state index contributed by atoms with van der Waals surface area (Å²) < 4.78 is 0. The lowest BCUT2D eigenvalue weighted by Gasteiger charge is -2.36. The molecule has 1 N–H and O–H groups in total. The van der Waals surface area contributed by atoms with Crippen molar-refractivity contribution in [2.75, 3.05) is 37.6 Å². The van der Waals surface area contributed by atoms with E-state index in [4.69, 9.17) is 0 Å². The highest BCUT2D eigenvalue weighted by Gasteiger charge is 2.40. The Labute approximate surface area is 155 Å². The van der Waals surface area contributed by atoms with Gasteiger partial charge in [0.05, 0.1) is 6.54 Å². The first-order valence-corrected chi connectivity index (χ1v) is 10.0. The van der Waals surface area contributed by atoms with E-state index in [9.17, 15) is 9.59 Å². The van der Waals surface area contributed by atoms with Gasteiger partial charge in [0, 0.05) is 38.3 Å². The van der Waals surface area contributed by atoms with Crippen molar-refractivity contribution >= 4 is 17.5 Å². The van der Waals surface area contributed by atoms with E-state index in [-0.39, 0.29) is 18.4 Å². The average molecular weight is 355 g/mol.